The number of rotatable bonds is 3. The van der Waals surface area contributed by atoms with Crippen LogP contribution in [0.25, 0.3) is 0 Å². The van der Waals surface area contributed by atoms with Crippen LogP contribution in [0.2, 0.25) is 0 Å². The molecule has 7 heteroatoms. The Morgan fingerprint density at radius 2 is 1.76 bits per heavy atom. The SMILES string of the molecule is O=C(c1ccc2c(c1)CCC2N1Cc2cccc(O)c2C1=O)N1CCC2(CCN(c3ccncc3)CC2)C1. The Hall–Kier alpha value is -3.87. The number of aryl methyl sites for hydroxylation is 1. The van der Waals surface area contributed by atoms with Crippen molar-refractivity contribution in [3.05, 3.63) is 88.7 Å². The summed E-state index contributed by atoms with van der Waals surface area (Å²) in [5.41, 5.74) is 5.81. The maximum absolute atomic E-state index is 13.6. The molecule has 0 bridgehead atoms. The first-order valence-electron chi connectivity index (χ1n) is 13.7. The van der Waals surface area contributed by atoms with Crippen molar-refractivity contribution in [2.24, 2.45) is 5.41 Å². The summed E-state index contributed by atoms with van der Waals surface area (Å²) in [5, 5.41) is 10.2. The third kappa shape index (κ3) is 3.75. The van der Waals surface area contributed by atoms with E-state index in [1.807, 2.05) is 29.4 Å². The standard InChI is InChI=1S/C31H32N4O3/c36-27-3-1-2-23-19-35(30(38)28(23)27)26-7-5-21-18-22(4-6-25(21)26)29(37)34-17-12-31(20-34)10-15-33(16-11-31)24-8-13-32-14-9-24/h1-4,6,8-9,13-14,18,26,36H,5,7,10-12,15-17,19-20H2. The number of amides is 2. The molecule has 38 heavy (non-hydrogen) atoms. The number of aromatic nitrogens is 1. The normalized spacial score (nSPS) is 21.7. The molecule has 3 aromatic rings. The van der Waals surface area contributed by atoms with Crippen LogP contribution in [0.5, 0.6) is 5.75 Å². The Morgan fingerprint density at radius 1 is 0.974 bits per heavy atom. The molecule has 3 aliphatic heterocycles. The van der Waals surface area contributed by atoms with Gasteiger partial charge in [0, 0.05) is 56.4 Å². The topological polar surface area (TPSA) is 77.0 Å². The van der Waals surface area contributed by atoms with Gasteiger partial charge in [0.05, 0.1) is 11.6 Å². The molecular weight excluding hydrogens is 476 g/mol. The van der Waals surface area contributed by atoms with Crippen LogP contribution in [0, 0.1) is 5.41 Å². The number of phenolic OH excluding ortho intramolecular Hbond substituents is 1. The molecular formula is C31H32N4O3. The zero-order valence-corrected chi connectivity index (χ0v) is 21.5. The average molecular weight is 509 g/mol. The second kappa shape index (κ2) is 8.86. The number of hydrogen-bond donors (Lipinski definition) is 1. The Balaban J connectivity index is 1.03. The second-order valence-electron chi connectivity index (χ2n) is 11.4. The predicted molar refractivity (Wildman–Crippen MR) is 144 cm³/mol. The number of fused-ring (bicyclic) bond motifs is 2. The molecule has 2 aromatic carbocycles. The Kier molecular flexibility index (Phi) is 5.42. The highest BCUT2D eigenvalue weighted by molar-refractivity contribution is 6.01. The van der Waals surface area contributed by atoms with E-state index in [0.717, 1.165) is 80.5 Å². The van der Waals surface area contributed by atoms with Crippen molar-refractivity contribution < 1.29 is 14.7 Å². The molecule has 1 aromatic heterocycles. The largest absolute Gasteiger partial charge is 0.507 e. The number of hydrogen-bond acceptors (Lipinski definition) is 5. The first-order valence-corrected chi connectivity index (χ1v) is 13.7. The highest BCUT2D eigenvalue weighted by Gasteiger charge is 2.43. The molecule has 2 saturated heterocycles. The van der Waals surface area contributed by atoms with Crippen LogP contribution in [0.1, 0.15) is 69.1 Å². The van der Waals surface area contributed by atoms with Crippen molar-refractivity contribution in [1.29, 1.82) is 0 Å². The van der Waals surface area contributed by atoms with Gasteiger partial charge in [0.2, 0.25) is 0 Å². The number of pyridine rings is 1. The van der Waals surface area contributed by atoms with Crippen LogP contribution >= 0.6 is 0 Å². The minimum atomic E-state index is -0.103. The fourth-order valence-electron chi connectivity index (χ4n) is 7.16. The number of carbonyl (C=O) groups is 2. The zero-order chi connectivity index (χ0) is 25.9. The summed E-state index contributed by atoms with van der Waals surface area (Å²) < 4.78 is 0. The molecule has 0 saturated carbocycles. The van der Waals surface area contributed by atoms with E-state index in [1.54, 1.807) is 12.1 Å². The van der Waals surface area contributed by atoms with Crippen LogP contribution < -0.4 is 4.90 Å². The lowest BCUT2D eigenvalue weighted by Crippen LogP contribution is -2.42. The zero-order valence-electron chi connectivity index (χ0n) is 21.5. The fraction of sp³-hybridized carbons (Fsp3) is 0.387. The number of aromatic hydroxyl groups is 1. The summed E-state index contributed by atoms with van der Waals surface area (Å²) >= 11 is 0. The first kappa shape index (κ1) is 23.3. The quantitative estimate of drug-likeness (QED) is 0.561. The van der Waals surface area contributed by atoms with Gasteiger partial charge in [-0.15, -0.1) is 0 Å². The van der Waals surface area contributed by atoms with Gasteiger partial charge in [-0.3, -0.25) is 14.6 Å². The number of anilines is 1. The van der Waals surface area contributed by atoms with Crippen LogP contribution in [0.3, 0.4) is 0 Å². The van der Waals surface area contributed by atoms with E-state index in [0.29, 0.717) is 12.1 Å². The summed E-state index contributed by atoms with van der Waals surface area (Å²) in [6.45, 7) is 4.20. The summed E-state index contributed by atoms with van der Waals surface area (Å²) in [4.78, 5) is 37.2. The molecule has 194 valence electrons. The second-order valence-corrected chi connectivity index (χ2v) is 11.4. The lowest BCUT2D eigenvalue weighted by Gasteiger charge is -2.40. The van der Waals surface area contributed by atoms with Crippen LogP contribution in [-0.2, 0) is 13.0 Å². The van der Waals surface area contributed by atoms with Gasteiger partial charge >= 0.3 is 0 Å². The van der Waals surface area contributed by atoms with E-state index < -0.39 is 0 Å². The van der Waals surface area contributed by atoms with Crippen LogP contribution in [-0.4, -0.2) is 57.9 Å². The van der Waals surface area contributed by atoms with Crippen molar-refractivity contribution in [2.75, 3.05) is 31.1 Å². The minimum Gasteiger partial charge on any atom is -0.507 e. The van der Waals surface area contributed by atoms with Gasteiger partial charge in [0.25, 0.3) is 11.8 Å². The third-order valence-corrected chi connectivity index (χ3v) is 9.33. The summed E-state index contributed by atoms with van der Waals surface area (Å²) in [6.07, 6.45) is 8.67. The Morgan fingerprint density at radius 3 is 2.55 bits per heavy atom. The highest BCUT2D eigenvalue weighted by atomic mass is 16.3. The molecule has 1 N–H and O–H groups in total. The van der Waals surface area contributed by atoms with Crippen molar-refractivity contribution in [1.82, 2.24) is 14.8 Å². The molecule has 1 spiro atoms. The van der Waals surface area contributed by atoms with Crippen LogP contribution in [0.4, 0.5) is 5.69 Å². The van der Waals surface area contributed by atoms with Crippen molar-refractivity contribution in [3.63, 3.8) is 0 Å². The van der Waals surface area contributed by atoms with Gasteiger partial charge in [0.1, 0.15) is 5.75 Å². The van der Waals surface area contributed by atoms with E-state index in [9.17, 15) is 14.7 Å². The van der Waals surface area contributed by atoms with Gasteiger partial charge < -0.3 is 19.8 Å². The predicted octanol–water partition coefficient (Wildman–Crippen LogP) is 4.56. The van der Waals surface area contributed by atoms with Crippen molar-refractivity contribution >= 4 is 17.5 Å². The molecule has 2 fully saturated rings. The van der Waals surface area contributed by atoms with Crippen LogP contribution in [0.15, 0.2) is 60.9 Å². The maximum atomic E-state index is 13.6. The van der Waals surface area contributed by atoms with E-state index in [2.05, 4.69) is 39.0 Å². The van der Waals surface area contributed by atoms with Gasteiger partial charge in [-0.1, -0.05) is 18.2 Å². The monoisotopic (exact) mass is 508 g/mol. The Labute approximate surface area is 222 Å². The lowest BCUT2D eigenvalue weighted by molar-refractivity contribution is 0.0698. The summed E-state index contributed by atoms with van der Waals surface area (Å²) in [5.74, 6) is 0.0771. The van der Waals surface area contributed by atoms with Gasteiger partial charge in [0.15, 0.2) is 0 Å². The van der Waals surface area contributed by atoms with E-state index in [1.165, 1.54) is 5.69 Å². The fourth-order valence-corrected chi connectivity index (χ4v) is 7.16. The summed E-state index contributed by atoms with van der Waals surface area (Å²) in [7, 11) is 0. The smallest absolute Gasteiger partial charge is 0.258 e. The van der Waals surface area contributed by atoms with Crippen molar-refractivity contribution in [3.8, 4) is 5.75 Å². The number of nitrogens with zero attached hydrogens (tertiary/aromatic N) is 4. The molecule has 4 heterocycles. The molecule has 7 nitrogen and oxygen atoms in total. The lowest BCUT2D eigenvalue weighted by atomic mass is 9.77. The molecule has 0 radical (unpaired) electrons. The number of piperidine rings is 1. The summed E-state index contributed by atoms with van der Waals surface area (Å²) in [6, 6.07) is 15.5. The molecule has 1 unspecified atom stereocenters. The Bertz CT molecular complexity index is 1410. The molecule has 7 rings (SSSR count). The highest BCUT2D eigenvalue weighted by Crippen LogP contribution is 2.44. The average Bonchev–Trinajstić information content (AvgIpc) is 3.65. The van der Waals surface area contributed by atoms with Gasteiger partial charge in [-0.2, -0.15) is 0 Å². The van der Waals surface area contributed by atoms with E-state index in [4.69, 9.17) is 0 Å². The molecule has 1 aliphatic carbocycles. The van der Waals surface area contributed by atoms with E-state index in [-0.39, 0.29) is 29.0 Å². The first-order chi connectivity index (χ1) is 18.5. The number of likely N-dealkylation sites (tertiary alicyclic amines) is 1. The number of benzene rings is 2. The molecule has 2 amide bonds. The third-order valence-electron chi connectivity index (χ3n) is 9.33. The number of carbonyl (C=O) groups excluding carboxylic acids is 2. The molecule has 1 atom stereocenters. The van der Waals surface area contributed by atoms with Gasteiger partial charge in [-0.25, -0.2) is 0 Å². The molecule has 4 aliphatic rings. The van der Waals surface area contributed by atoms with Crippen molar-refractivity contribution in [2.45, 2.75) is 44.7 Å². The maximum Gasteiger partial charge on any atom is 0.258 e. The van der Waals surface area contributed by atoms with Gasteiger partial charge in [-0.05, 0) is 84.5 Å². The number of phenols is 1. The minimum absolute atomic E-state index is 0.0194. The van der Waals surface area contributed by atoms with E-state index >= 15 is 0 Å².